The molecule has 2 nitrogen and oxygen atoms in total. The van der Waals surface area contributed by atoms with Crippen molar-refractivity contribution in [2.75, 3.05) is 5.75 Å². The summed E-state index contributed by atoms with van der Waals surface area (Å²) in [5.74, 6) is 1.65. The minimum Gasteiger partial charge on any atom is -0.238 e. The lowest BCUT2D eigenvalue weighted by Gasteiger charge is -2.09. The Bertz CT molecular complexity index is 564. The van der Waals surface area contributed by atoms with Crippen molar-refractivity contribution < 1.29 is 0 Å². The zero-order chi connectivity index (χ0) is 13.1. The van der Waals surface area contributed by atoms with E-state index < -0.39 is 0 Å². The lowest BCUT2D eigenvalue weighted by atomic mass is 10.0. The first-order chi connectivity index (χ1) is 8.60. The summed E-state index contributed by atoms with van der Waals surface area (Å²) in [6, 6.07) is 8.49. The van der Waals surface area contributed by atoms with Crippen LogP contribution in [-0.4, -0.2) is 15.7 Å². The fourth-order valence-corrected chi connectivity index (χ4v) is 2.28. The fourth-order valence-electron chi connectivity index (χ4n) is 2.08. The topological polar surface area (TPSA) is 25.8 Å². The maximum atomic E-state index is 4.62. The smallest absolute Gasteiger partial charge is 0.130 e. The Morgan fingerprint density at radius 3 is 2.50 bits per heavy atom. The Hall–Kier alpha value is -1.35. The van der Waals surface area contributed by atoms with Gasteiger partial charge in [0.05, 0.1) is 5.69 Å². The van der Waals surface area contributed by atoms with Gasteiger partial charge in [0.1, 0.15) is 5.82 Å². The highest BCUT2D eigenvalue weighted by Gasteiger charge is 2.07. The third kappa shape index (κ3) is 2.91. The van der Waals surface area contributed by atoms with Crippen molar-refractivity contribution in [2.24, 2.45) is 0 Å². The molecule has 18 heavy (non-hydrogen) atoms. The van der Waals surface area contributed by atoms with Crippen LogP contribution < -0.4 is 0 Å². The number of hydrogen-bond acceptors (Lipinski definition) is 3. The SMILES string of the molecule is Cc1ccc(-c2cc(C)nc(CCS)n2)c(C)c1. The number of aryl methyl sites for hydroxylation is 4. The molecule has 0 radical (unpaired) electrons. The highest BCUT2D eigenvalue weighted by molar-refractivity contribution is 7.80. The molecule has 0 aliphatic heterocycles. The van der Waals surface area contributed by atoms with Gasteiger partial charge in [-0.1, -0.05) is 23.8 Å². The van der Waals surface area contributed by atoms with Crippen molar-refractivity contribution in [3.63, 3.8) is 0 Å². The van der Waals surface area contributed by atoms with Crippen LogP contribution in [0.25, 0.3) is 11.3 Å². The predicted molar refractivity (Wildman–Crippen MR) is 79.2 cm³/mol. The molecule has 0 unspecified atom stereocenters. The van der Waals surface area contributed by atoms with E-state index in [0.717, 1.165) is 29.4 Å². The quantitative estimate of drug-likeness (QED) is 0.852. The Balaban J connectivity index is 2.49. The molecule has 0 atom stereocenters. The summed E-state index contributed by atoms with van der Waals surface area (Å²) in [6.07, 6.45) is 0.808. The van der Waals surface area contributed by atoms with Crippen LogP contribution in [0, 0.1) is 20.8 Å². The second-order valence-corrected chi connectivity index (χ2v) is 5.05. The van der Waals surface area contributed by atoms with Crippen LogP contribution in [0.15, 0.2) is 24.3 Å². The Kier molecular flexibility index (Phi) is 4.02. The van der Waals surface area contributed by atoms with E-state index in [1.54, 1.807) is 0 Å². The van der Waals surface area contributed by atoms with E-state index in [1.165, 1.54) is 16.7 Å². The van der Waals surface area contributed by atoms with Gasteiger partial charge < -0.3 is 0 Å². The molecule has 0 saturated carbocycles. The molecule has 94 valence electrons. The summed E-state index contributed by atoms with van der Waals surface area (Å²) < 4.78 is 0. The molecule has 1 heterocycles. The molecule has 2 rings (SSSR count). The molecule has 2 aromatic rings. The van der Waals surface area contributed by atoms with Crippen molar-refractivity contribution in [3.8, 4) is 11.3 Å². The van der Waals surface area contributed by atoms with E-state index in [0.29, 0.717) is 0 Å². The molecule has 0 bridgehead atoms. The largest absolute Gasteiger partial charge is 0.238 e. The number of hydrogen-bond donors (Lipinski definition) is 1. The molecule has 1 aromatic heterocycles. The second-order valence-electron chi connectivity index (χ2n) is 4.60. The van der Waals surface area contributed by atoms with Gasteiger partial charge in [-0.2, -0.15) is 12.6 Å². The highest BCUT2D eigenvalue weighted by atomic mass is 32.1. The molecule has 1 aromatic carbocycles. The minimum absolute atomic E-state index is 0.774. The summed E-state index contributed by atoms with van der Waals surface area (Å²) in [5, 5.41) is 0. The van der Waals surface area contributed by atoms with E-state index in [2.05, 4.69) is 54.6 Å². The third-order valence-corrected chi connectivity index (χ3v) is 3.12. The van der Waals surface area contributed by atoms with Crippen LogP contribution >= 0.6 is 12.6 Å². The van der Waals surface area contributed by atoms with E-state index in [-0.39, 0.29) is 0 Å². The van der Waals surface area contributed by atoms with Crippen molar-refractivity contribution in [2.45, 2.75) is 27.2 Å². The third-order valence-electron chi connectivity index (χ3n) is 2.89. The predicted octanol–water partition coefficient (Wildman–Crippen LogP) is 3.54. The van der Waals surface area contributed by atoms with E-state index in [1.807, 2.05) is 13.0 Å². The van der Waals surface area contributed by atoms with Gasteiger partial charge in [-0.05, 0) is 38.2 Å². The molecule has 0 aliphatic carbocycles. The Morgan fingerprint density at radius 2 is 1.83 bits per heavy atom. The monoisotopic (exact) mass is 258 g/mol. The zero-order valence-electron chi connectivity index (χ0n) is 11.1. The fraction of sp³-hybridized carbons (Fsp3) is 0.333. The van der Waals surface area contributed by atoms with Crippen molar-refractivity contribution >= 4 is 12.6 Å². The van der Waals surface area contributed by atoms with Crippen molar-refractivity contribution in [1.82, 2.24) is 9.97 Å². The van der Waals surface area contributed by atoms with Gasteiger partial charge in [0.15, 0.2) is 0 Å². The van der Waals surface area contributed by atoms with Crippen LogP contribution in [0.3, 0.4) is 0 Å². The van der Waals surface area contributed by atoms with E-state index >= 15 is 0 Å². The van der Waals surface area contributed by atoms with Gasteiger partial charge in [0.25, 0.3) is 0 Å². The summed E-state index contributed by atoms with van der Waals surface area (Å²) in [7, 11) is 0. The van der Waals surface area contributed by atoms with Crippen molar-refractivity contribution in [3.05, 3.63) is 46.9 Å². The first-order valence-electron chi connectivity index (χ1n) is 6.13. The average molecular weight is 258 g/mol. The molecule has 0 amide bonds. The minimum atomic E-state index is 0.774. The van der Waals surface area contributed by atoms with Crippen LogP contribution in [0.2, 0.25) is 0 Å². The van der Waals surface area contributed by atoms with Crippen LogP contribution in [0.1, 0.15) is 22.6 Å². The number of nitrogens with zero attached hydrogens (tertiary/aromatic N) is 2. The maximum absolute atomic E-state index is 4.62. The summed E-state index contributed by atoms with van der Waals surface area (Å²) in [4.78, 5) is 9.06. The summed E-state index contributed by atoms with van der Waals surface area (Å²) in [5.41, 5.74) is 5.74. The molecule has 0 saturated heterocycles. The normalized spacial score (nSPS) is 10.7. The molecule has 0 spiro atoms. The van der Waals surface area contributed by atoms with Crippen LogP contribution in [-0.2, 0) is 6.42 Å². The highest BCUT2D eigenvalue weighted by Crippen LogP contribution is 2.23. The van der Waals surface area contributed by atoms with Gasteiger partial charge in [0.2, 0.25) is 0 Å². The lowest BCUT2D eigenvalue weighted by Crippen LogP contribution is -2.00. The first-order valence-corrected chi connectivity index (χ1v) is 6.76. The Morgan fingerprint density at radius 1 is 1.06 bits per heavy atom. The van der Waals surface area contributed by atoms with Gasteiger partial charge in [-0.3, -0.25) is 0 Å². The first kappa shape index (κ1) is 13.1. The number of aromatic nitrogens is 2. The van der Waals surface area contributed by atoms with Crippen LogP contribution in [0.5, 0.6) is 0 Å². The molecule has 0 fully saturated rings. The number of benzene rings is 1. The van der Waals surface area contributed by atoms with Gasteiger partial charge in [-0.15, -0.1) is 0 Å². The zero-order valence-corrected chi connectivity index (χ0v) is 12.0. The van der Waals surface area contributed by atoms with Gasteiger partial charge in [-0.25, -0.2) is 9.97 Å². The van der Waals surface area contributed by atoms with E-state index in [9.17, 15) is 0 Å². The molecular formula is C15H18N2S. The average Bonchev–Trinajstić information content (AvgIpc) is 2.28. The lowest BCUT2D eigenvalue weighted by molar-refractivity contribution is 0.929. The molecular weight excluding hydrogens is 240 g/mol. The molecule has 0 N–H and O–H groups in total. The Labute approximate surface area is 114 Å². The van der Waals surface area contributed by atoms with E-state index in [4.69, 9.17) is 0 Å². The van der Waals surface area contributed by atoms with Crippen LogP contribution in [0.4, 0.5) is 0 Å². The summed E-state index contributed by atoms with van der Waals surface area (Å²) in [6.45, 7) is 6.24. The van der Waals surface area contributed by atoms with Gasteiger partial charge >= 0.3 is 0 Å². The molecule has 3 heteroatoms. The summed E-state index contributed by atoms with van der Waals surface area (Å²) >= 11 is 4.24. The van der Waals surface area contributed by atoms with Gasteiger partial charge in [0, 0.05) is 17.7 Å². The van der Waals surface area contributed by atoms with Crippen molar-refractivity contribution in [1.29, 1.82) is 0 Å². The number of thiol groups is 1. The second kappa shape index (κ2) is 5.53. The maximum Gasteiger partial charge on any atom is 0.130 e. The molecule has 0 aliphatic rings. The number of rotatable bonds is 3. The standard InChI is InChI=1S/C15H18N2S/c1-10-4-5-13(11(2)8-10)14-9-12(3)16-15(17-14)6-7-18/h4-5,8-9,18H,6-7H2,1-3H3.